The van der Waals surface area contributed by atoms with Crippen molar-refractivity contribution in [2.45, 2.75) is 20.3 Å². The molecular formula is C16H16O2. The van der Waals surface area contributed by atoms with Crippen LogP contribution in [-0.2, 0) is 4.79 Å². The molecular weight excluding hydrogens is 224 g/mol. The molecule has 0 atom stereocenters. The first-order valence-electron chi connectivity index (χ1n) is 5.99. The van der Waals surface area contributed by atoms with E-state index in [1.165, 1.54) is 0 Å². The number of allylic oxidation sites excluding steroid dienone is 4. The number of hydrogen-bond donors (Lipinski definition) is 0. The highest BCUT2D eigenvalue weighted by Gasteiger charge is 2.10. The van der Waals surface area contributed by atoms with Gasteiger partial charge in [-0.3, -0.25) is 0 Å². The molecule has 2 heteroatoms. The Labute approximate surface area is 107 Å². The summed E-state index contributed by atoms with van der Waals surface area (Å²) in [5.41, 5.74) is 2.90. The number of rotatable bonds is 2. The summed E-state index contributed by atoms with van der Waals surface area (Å²) in [4.78, 5) is 11.9. The van der Waals surface area contributed by atoms with Crippen molar-refractivity contribution in [1.29, 1.82) is 0 Å². The molecule has 0 spiro atoms. The largest absolute Gasteiger partial charge is 0.423 e. The first-order valence-corrected chi connectivity index (χ1v) is 5.99. The lowest BCUT2D eigenvalue weighted by molar-refractivity contribution is -0.129. The van der Waals surface area contributed by atoms with Crippen molar-refractivity contribution in [3.8, 4) is 5.75 Å². The molecule has 1 aliphatic carbocycles. The van der Waals surface area contributed by atoms with Crippen LogP contribution >= 0.6 is 0 Å². The van der Waals surface area contributed by atoms with Crippen LogP contribution in [0.15, 0.2) is 59.7 Å². The molecule has 0 aromatic heterocycles. The molecule has 1 aromatic carbocycles. The molecule has 1 aromatic rings. The van der Waals surface area contributed by atoms with Gasteiger partial charge in [-0.2, -0.15) is 0 Å². The quantitative estimate of drug-likeness (QED) is 0.581. The molecule has 0 saturated heterocycles. The third kappa shape index (κ3) is 3.20. The monoisotopic (exact) mass is 240 g/mol. The molecule has 2 rings (SSSR count). The predicted octanol–water partition coefficient (Wildman–Crippen LogP) is 3.73. The molecule has 0 saturated carbocycles. The van der Waals surface area contributed by atoms with Crippen molar-refractivity contribution in [3.05, 3.63) is 65.3 Å². The summed E-state index contributed by atoms with van der Waals surface area (Å²) < 4.78 is 5.32. The van der Waals surface area contributed by atoms with Crippen LogP contribution in [-0.4, -0.2) is 5.97 Å². The molecule has 2 nitrogen and oxygen atoms in total. The third-order valence-corrected chi connectivity index (χ3v) is 2.77. The maximum absolute atomic E-state index is 11.9. The standard InChI is InChI=1S/C16H16O2/c1-12-4-3-5-14(9-6-12)16(17)18-15-10-7-13(2)8-11-15/h4-11H,3H2,1-2H3. The zero-order valence-corrected chi connectivity index (χ0v) is 10.6. The van der Waals surface area contributed by atoms with Crippen LogP contribution in [0, 0.1) is 6.92 Å². The second kappa shape index (κ2) is 5.50. The van der Waals surface area contributed by atoms with E-state index in [0.717, 1.165) is 17.6 Å². The number of hydrogen-bond acceptors (Lipinski definition) is 2. The lowest BCUT2D eigenvalue weighted by Crippen LogP contribution is -2.09. The Bertz CT molecular complexity index is 531. The Morgan fingerprint density at radius 3 is 2.50 bits per heavy atom. The van der Waals surface area contributed by atoms with Gasteiger partial charge < -0.3 is 4.74 Å². The van der Waals surface area contributed by atoms with Crippen LogP contribution in [0.4, 0.5) is 0 Å². The normalized spacial score (nSPS) is 14.6. The Morgan fingerprint density at radius 2 is 1.78 bits per heavy atom. The lowest BCUT2D eigenvalue weighted by Gasteiger charge is -2.04. The lowest BCUT2D eigenvalue weighted by atomic mass is 10.2. The maximum atomic E-state index is 11.9. The van der Waals surface area contributed by atoms with Crippen molar-refractivity contribution in [2.75, 3.05) is 0 Å². The number of aryl methyl sites for hydroxylation is 1. The molecule has 18 heavy (non-hydrogen) atoms. The van der Waals surface area contributed by atoms with Crippen molar-refractivity contribution in [3.63, 3.8) is 0 Å². The molecule has 0 aliphatic heterocycles. The SMILES string of the molecule is CC1=CCC=C(C(=O)Oc2ccc(C)cc2)C=C1. The Balaban J connectivity index is 2.07. The van der Waals surface area contributed by atoms with E-state index in [4.69, 9.17) is 4.74 Å². The number of carbonyl (C=O) groups is 1. The summed E-state index contributed by atoms with van der Waals surface area (Å²) in [5.74, 6) is 0.270. The van der Waals surface area contributed by atoms with E-state index in [-0.39, 0.29) is 5.97 Å². The minimum Gasteiger partial charge on any atom is -0.423 e. The number of benzene rings is 1. The van der Waals surface area contributed by atoms with Crippen molar-refractivity contribution in [2.24, 2.45) is 0 Å². The zero-order valence-electron chi connectivity index (χ0n) is 10.6. The summed E-state index contributed by atoms with van der Waals surface area (Å²) in [6.45, 7) is 4.01. The fourth-order valence-electron chi connectivity index (χ4n) is 1.65. The molecule has 0 unspecified atom stereocenters. The van der Waals surface area contributed by atoms with Gasteiger partial charge in [-0.05, 0) is 38.5 Å². The van der Waals surface area contributed by atoms with Crippen LogP contribution in [0.3, 0.4) is 0 Å². The fourth-order valence-corrected chi connectivity index (χ4v) is 1.65. The molecule has 0 bridgehead atoms. The van der Waals surface area contributed by atoms with E-state index >= 15 is 0 Å². The average molecular weight is 240 g/mol. The van der Waals surface area contributed by atoms with Gasteiger partial charge in [0.1, 0.15) is 5.75 Å². The third-order valence-electron chi connectivity index (χ3n) is 2.77. The van der Waals surface area contributed by atoms with Gasteiger partial charge in [-0.1, -0.05) is 41.5 Å². The van der Waals surface area contributed by atoms with E-state index in [1.807, 2.05) is 38.1 Å². The number of esters is 1. The Kier molecular flexibility index (Phi) is 3.78. The average Bonchev–Trinajstić information content (AvgIpc) is 2.57. The van der Waals surface area contributed by atoms with Gasteiger partial charge in [0, 0.05) is 0 Å². The van der Waals surface area contributed by atoms with Crippen LogP contribution in [0.5, 0.6) is 5.75 Å². The second-order valence-electron chi connectivity index (χ2n) is 4.38. The van der Waals surface area contributed by atoms with Crippen LogP contribution in [0.25, 0.3) is 0 Å². The Hall–Kier alpha value is -2.09. The van der Waals surface area contributed by atoms with Gasteiger partial charge in [0.25, 0.3) is 0 Å². The molecule has 1 aliphatic rings. The minimum absolute atomic E-state index is 0.307. The van der Waals surface area contributed by atoms with E-state index in [2.05, 4.69) is 6.08 Å². The first-order chi connectivity index (χ1) is 8.65. The molecule has 0 heterocycles. The summed E-state index contributed by atoms with van der Waals surface area (Å²) in [7, 11) is 0. The van der Waals surface area contributed by atoms with Gasteiger partial charge >= 0.3 is 5.97 Å². The van der Waals surface area contributed by atoms with Crippen LogP contribution < -0.4 is 4.74 Å². The highest BCUT2D eigenvalue weighted by atomic mass is 16.5. The zero-order chi connectivity index (χ0) is 13.0. The smallest absolute Gasteiger partial charge is 0.343 e. The van der Waals surface area contributed by atoms with Gasteiger partial charge in [0.05, 0.1) is 5.57 Å². The van der Waals surface area contributed by atoms with E-state index in [9.17, 15) is 4.79 Å². The minimum atomic E-state index is -0.307. The van der Waals surface area contributed by atoms with Crippen LogP contribution in [0.1, 0.15) is 18.9 Å². The van der Waals surface area contributed by atoms with Gasteiger partial charge in [-0.15, -0.1) is 0 Å². The topological polar surface area (TPSA) is 26.3 Å². The maximum Gasteiger partial charge on any atom is 0.343 e. The molecule has 92 valence electrons. The van der Waals surface area contributed by atoms with E-state index in [1.54, 1.807) is 18.2 Å². The predicted molar refractivity (Wildman–Crippen MR) is 72.4 cm³/mol. The summed E-state index contributed by atoms with van der Waals surface area (Å²) in [5, 5.41) is 0. The molecule has 0 radical (unpaired) electrons. The first kappa shape index (κ1) is 12.4. The van der Waals surface area contributed by atoms with Gasteiger partial charge in [0.15, 0.2) is 0 Å². The molecule has 0 N–H and O–H groups in total. The van der Waals surface area contributed by atoms with Crippen LogP contribution in [0.2, 0.25) is 0 Å². The van der Waals surface area contributed by atoms with Crippen molar-refractivity contribution >= 4 is 5.97 Å². The van der Waals surface area contributed by atoms with Gasteiger partial charge in [0.2, 0.25) is 0 Å². The summed E-state index contributed by atoms with van der Waals surface area (Å²) in [6.07, 6.45) is 8.44. The molecule has 0 fully saturated rings. The van der Waals surface area contributed by atoms with Gasteiger partial charge in [-0.25, -0.2) is 4.79 Å². The van der Waals surface area contributed by atoms with E-state index in [0.29, 0.717) is 11.3 Å². The number of carbonyl (C=O) groups excluding carboxylic acids is 1. The second-order valence-corrected chi connectivity index (χ2v) is 4.38. The van der Waals surface area contributed by atoms with E-state index < -0.39 is 0 Å². The Morgan fingerprint density at radius 1 is 1.06 bits per heavy atom. The highest BCUT2D eigenvalue weighted by Crippen LogP contribution is 2.16. The van der Waals surface area contributed by atoms with Crippen molar-refractivity contribution < 1.29 is 9.53 Å². The summed E-state index contributed by atoms with van der Waals surface area (Å²) >= 11 is 0. The fraction of sp³-hybridized carbons (Fsp3) is 0.188. The highest BCUT2D eigenvalue weighted by molar-refractivity contribution is 5.93. The van der Waals surface area contributed by atoms with Crippen molar-refractivity contribution in [1.82, 2.24) is 0 Å². The summed E-state index contributed by atoms with van der Waals surface area (Å²) in [6, 6.07) is 7.45. The molecule has 0 amide bonds. The number of ether oxygens (including phenoxy) is 1.